The van der Waals surface area contributed by atoms with Gasteiger partial charge in [0.1, 0.15) is 11.5 Å². The van der Waals surface area contributed by atoms with Gasteiger partial charge >= 0.3 is 0 Å². The molecule has 3 aromatic carbocycles. The summed E-state index contributed by atoms with van der Waals surface area (Å²) >= 11 is 0. The highest BCUT2D eigenvalue weighted by Gasteiger charge is 2.14. The number of hydrogen-bond acceptors (Lipinski definition) is 3. The first kappa shape index (κ1) is 17.8. The van der Waals surface area contributed by atoms with Crippen LogP contribution in [0.2, 0.25) is 0 Å². The van der Waals surface area contributed by atoms with Gasteiger partial charge in [-0.25, -0.2) is 0 Å². The smallest absolute Gasteiger partial charge is 0.261 e. The van der Waals surface area contributed by atoms with Crippen molar-refractivity contribution in [3.63, 3.8) is 0 Å². The van der Waals surface area contributed by atoms with Crippen molar-refractivity contribution >= 4 is 16.7 Å². The number of aryl methyl sites for hydroxylation is 1. The number of carbonyl (C=O) groups excluding carboxylic acids is 1. The minimum Gasteiger partial charge on any atom is -0.497 e. The van der Waals surface area contributed by atoms with Gasteiger partial charge in [-0.2, -0.15) is 0 Å². The minimum absolute atomic E-state index is 0.139. The summed E-state index contributed by atoms with van der Waals surface area (Å²) in [7, 11) is 1.66. The van der Waals surface area contributed by atoms with Crippen LogP contribution in [0.3, 0.4) is 0 Å². The molecule has 0 aliphatic carbocycles. The Morgan fingerprint density at radius 1 is 0.962 bits per heavy atom. The van der Waals surface area contributed by atoms with Crippen molar-refractivity contribution in [2.24, 2.45) is 0 Å². The van der Waals surface area contributed by atoms with Crippen LogP contribution in [-0.2, 0) is 11.3 Å². The Bertz CT molecular complexity index is 903. The van der Waals surface area contributed by atoms with E-state index in [1.54, 1.807) is 14.0 Å². The number of nitrogens with one attached hydrogen (secondary N) is 1. The van der Waals surface area contributed by atoms with Crippen LogP contribution < -0.4 is 14.8 Å². The van der Waals surface area contributed by atoms with Crippen LogP contribution in [-0.4, -0.2) is 19.1 Å². The van der Waals surface area contributed by atoms with Gasteiger partial charge in [0.25, 0.3) is 5.91 Å². The number of hydrogen-bond donors (Lipinski definition) is 1. The fourth-order valence-corrected chi connectivity index (χ4v) is 2.72. The Morgan fingerprint density at radius 2 is 1.62 bits per heavy atom. The van der Waals surface area contributed by atoms with E-state index in [-0.39, 0.29) is 5.91 Å². The number of ether oxygens (including phenoxy) is 2. The van der Waals surface area contributed by atoms with Crippen molar-refractivity contribution < 1.29 is 14.3 Å². The summed E-state index contributed by atoms with van der Waals surface area (Å²) in [4.78, 5) is 12.3. The number of carbonyl (C=O) groups is 1. The summed E-state index contributed by atoms with van der Waals surface area (Å²) in [6.07, 6.45) is -0.553. The molecule has 1 atom stereocenters. The minimum atomic E-state index is -0.553. The molecule has 0 heterocycles. The Balaban J connectivity index is 1.59. The monoisotopic (exact) mass is 349 g/mol. The molecule has 0 saturated carbocycles. The van der Waals surface area contributed by atoms with Gasteiger partial charge in [0.05, 0.1) is 7.11 Å². The predicted molar refractivity (Wildman–Crippen MR) is 104 cm³/mol. The summed E-state index contributed by atoms with van der Waals surface area (Å²) in [6.45, 7) is 4.23. The van der Waals surface area contributed by atoms with Gasteiger partial charge in [-0.05, 0) is 60.5 Å². The fourth-order valence-electron chi connectivity index (χ4n) is 2.72. The third kappa shape index (κ3) is 4.33. The molecular formula is C22H23NO3. The van der Waals surface area contributed by atoms with Crippen molar-refractivity contribution in [3.05, 3.63) is 71.8 Å². The third-order valence-corrected chi connectivity index (χ3v) is 4.28. The molecular weight excluding hydrogens is 326 g/mol. The standard InChI is InChI=1S/C22H23NO3/c1-15-4-9-20(10-5-15)26-16(2)22(24)23-14-17-6-7-19-13-21(25-3)11-8-18(19)12-17/h4-13,16H,14H2,1-3H3,(H,23,24)/t16-/m1/s1. The van der Waals surface area contributed by atoms with E-state index in [0.29, 0.717) is 12.3 Å². The van der Waals surface area contributed by atoms with Gasteiger partial charge in [0, 0.05) is 6.54 Å². The highest BCUT2D eigenvalue weighted by molar-refractivity contribution is 5.85. The zero-order chi connectivity index (χ0) is 18.5. The molecule has 0 bridgehead atoms. The molecule has 134 valence electrons. The molecule has 0 saturated heterocycles. The molecule has 4 nitrogen and oxygen atoms in total. The van der Waals surface area contributed by atoms with Crippen molar-refractivity contribution in [2.45, 2.75) is 26.5 Å². The highest BCUT2D eigenvalue weighted by Crippen LogP contribution is 2.22. The average Bonchev–Trinajstić information content (AvgIpc) is 2.67. The molecule has 3 rings (SSSR count). The Morgan fingerprint density at radius 3 is 2.35 bits per heavy atom. The Hall–Kier alpha value is -3.01. The first-order valence-electron chi connectivity index (χ1n) is 8.63. The van der Waals surface area contributed by atoms with Crippen molar-refractivity contribution in [3.8, 4) is 11.5 Å². The van der Waals surface area contributed by atoms with Crippen LogP contribution in [0.1, 0.15) is 18.1 Å². The van der Waals surface area contributed by atoms with E-state index in [9.17, 15) is 4.79 Å². The number of benzene rings is 3. The lowest BCUT2D eigenvalue weighted by Gasteiger charge is -2.15. The zero-order valence-corrected chi connectivity index (χ0v) is 15.3. The second-order valence-corrected chi connectivity index (χ2v) is 6.34. The van der Waals surface area contributed by atoms with Crippen LogP contribution in [0.4, 0.5) is 0 Å². The van der Waals surface area contributed by atoms with Crippen LogP contribution in [0.5, 0.6) is 11.5 Å². The van der Waals surface area contributed by atoms with E-state index in [1.165, 1.54) is 0 Å². The molecule has 1 N–H and O–H groups in total. The maximum absolute atomic E-state index is 12.3. The Labute approximate surface area is 153 Å². The normalized spacial score (nSPS) is 11.8. The number of amides is 1. The summed E-state index contributed by atoms with van der Waals surface area (Å²) < 4.78 is 10.9. The van der Waals surface area contributed by atoms with E-state index in [4.69, 9.17) is 9.47 Å². The second kappa shape index (κ2) is 7.91. The zero-order valence-electron chi connectivity index (χ0n) is 15.3. The Kier molecular flexibility index (Phi) is 5.42. The van der Waals surface area contributed by atoms with Crippen molar-refractivity contribution in [1.82, 2.24) is 5.32 Å². The predicted octanol–water partition coefficient (Wildman–Crippen LogP) is 4.24. The van der Waals surface area contributed by atoms with Crippen molar-refractivity contribution in [1.29, 1.82) is 0 Å². The summed E-state index contributed by atoms with van der Waals surface area (Å²) in [6, 6.07) is 19.7. The van der Waals surface area contributed by atoms with Crippen LogP contribution in [0, 0.1) is 6.92 Å². The molecule has 0 fully saturated rings. The van der Waals surface area contributed by atoms with Crippen LogP contribution in [0.25, 0.3) is 10.8 Å². The largest absolute Gasteiger partial charge is 0.497 e. The summed E-state index contributed by atoms with van der Waals surface area (Å²) in [5, 5.41) is 5.15. The molecule has 1 amide bonds. The molecule has 0 aromatic heterocycles. The third-order valence-electron chi connectivity index (χ3n) is 4.28. The van der Waals surface area contributed by atoms with E-state index in [0.717, 1.165) is 27.6 Å². The van der Waals surface area contributed by atoms with Gasteiger partial charge in [-0.3, -0.25) is 4.79 Å². The number of methoxy groups -OCH3 is 1. The van der Waals surface area contributed by atoms with Crippen LogP contribution >= 0.6 is 0 Å². The lowest BCUT2D eigenvalue weighted by Crippen LogP contribution is -2.35. The maximum atomic E-state index is 12.3. The maximum Gasteiger partial charge on any atom is 0.261 e. The molecule has 0 aliphatic rings. The van der Waals surface area contributed by atoms with Crippen LogP contribution in [0.15, 0.2) is 60.7 Å². The number of rotatable bonds is 6. The molecule has 0 radical (unpaired) electrons. The van der Waals surface area contributed by atoms with Gasteiger partial charge < -0.3 is 14.8 Å². The summed E-state index contributed by atoms with van der Waals surface area (Å²) in [5.41, 5.74) is 2.20. The number of fused-ring (bicyclic) bond motifs is 1. The first-order valence-corrected chi connectivity index (χ1v) is 8.63. The van der Waals surface area contributed by atoms with E-state index in [1.807, 2.05) is 61.5 Å². The lowest BCUT2D eigenvalue weighted by molar-refractivity contribution is -0.127. The fraction of sp³-hybridized carbons (Fsp3) is 0.227. The van der Waals surface area contributed by atoms with Gasteiger partial charge in [0.2, 0.25) is 0 Å². The summed E-state index contributed by atoms with van der Waals surface area (Å²) in [5.74, 6) is 1.39. The molecule has 4 heteroatoms. The SMILES string of the molecule is COc1ccc2cc(CNC(=O)[C@@H](C)Oc3ccc(C)cc3)ccc2c1. The molecule has 0 unspecified atom stereocenters. The molecule has 26 heavy (non-hydrogen) atoms. The van der Waals surface area contributed by atoms with Crippen molar-refractivity contribution in [2.75, 3.05) is 7.11 Å². The highest BCUT2D eigenvalue weighted by atomic mass is 16.5. The van der Waals surface area contributed by atoms with Gasteiger partial charge in [-0.1, -0.05) is 35.9 Å². The second-order valence-electron chi connectivity index (χ2n) is 6.34. The first-order chi connectivity index (χ1) is 12.5. The molecule has 3 aromatic rings. The van der Waals surface area contributed by atoms with E-state index < -0.39 is 6.10 Å². The van der Waals surface area contributed by atoms with E-state index >= 15 is 0 Å². The molecule has 0 spiro atoms. The van der Waals surface area contributed by atoms with Gasteiger partial charge in [-0.15, -0.1) is 0 Å². The topological polar surface area (TPSA) is 47.6 Å². The van der Waals surface area contributed by atoms with E-state index in [2.05, 4.69) is 11.4 Å². The van der Waals surface area contributed by atoms with Gasteiger partial charge in [0.15, 0.2) is 6.10 Å². The lowest BCUT2D eigenvalue weighted by atomic mass is 10.1. The quantitative estimate of drug-likeness (QED) is 0.724. The molecule has 0 aliphatic heterocycles. The average molecular weight is 349 g/mol.